The van der Waals surface area contributed by atoms with Crippen molar-refractivity contribution in [2.24, 2.45) is 11.3 Å². The van der Waals surface area contributed by atoms with E-state index in [9.17, 15) is 4.79 Å². The maximum atomic E-state index is 11.9. The number of likely N-dealkylation sites (tertiary alicyclic amines) is 1. The van der Waals surface area contributed by atoms with E-state index in [1.807, 2.05) is 0 Å². The minimum atomic E-state index is 0.291. The maximum absolute atomic E-state index is 11.9. The van der Waals surface area contributed by atoms with Crippen LogP contribution in [0.15, 0.2) is 30.3 Å². The van der Waals surface area contributed by atoms with Crippen LogP contribution in [0.25, 0.3) is 0 Å². The molecule has 120 valence electrons. The summed E-state index contributed by atoms with van der Waals surface area (Å²) in [6.07, 6.45) is 5.74. The molecule has 1 amide bonds. The summed E-state index contributed by atoms with van der Waals surface area (Å²) in [5.74, 6) is 0.617. The summed E-state index contributed by atoms with van der Waals surface area (Å²) in [6, 6.07) is 10.7. The molecule has 3 heteroatoms. The molecule has 0 atom stereocenters. The van der Waals surface area contributed by atoms with Crippen LogP contribution in [0.2, 0.25) is 0 Å². The average Bonchev–Trinajstić information content (AvgIpc) is 3.40. The molecule has 1 heterocycles. The lowest BCUT2D eigenvalue weighted by Gasteiger charge is -2.41. The number of carbonyl (C=O) groups is 1. The number of hydrogen-bond donors (Lipinski definition) is 1. The molecule has 1 aromatic rings. The normalized spacial score (nSPS) is 21.5. The third kappa shape index (κ3) is 3.89. The molecule has 0 spiro atoms. The van der Waals surface area contributed by atoms with Crippen LogP contribution in [0, 0.1) is 11.3 Å². The first kappa shape index (κ1) is 15.5. The molecule has 2 fully saturated rings. The molecule has 1 aliphatic carbocycles. The molecule has 1 saturated heterocycles. The summed E-state index contributed by atoms with van der Waals surface area (Å²) in [5, 5.41) is 3.21. The largest absolute Gasteiger partial charge is 0.355 e. The quantitative estimate of drug-likeness (QED) is 0.875. The van der Waals surface area contributed by atoms with Gasteiger partial charge in [0.15, 0.2) is 0 Å². The van der Waals surface area contributed by atoms with Crippen molar-refractivity contribution in [2.45, 2.75) is 45.6 Å². The second kappa shape index (κ2) is 6.82. The highest BCUT2D eigenvalue weighted by Crippen LogP contribution is 2.35. The van der Waals surface area contributed by atoms with Crippen LogP contribution >= 0.6 is 0 Å². The molecule has 1 aromatic carbocycles. The summed E-state index contributed by atoms with van der Waals surface area (Å²) in [5.41, 5.74) is 1.71. The van der Waals surface area contributed by atoms with Gasteiger partial charge in [0.05, 0.1) is 0 Å². The molecule has 0 radical (unpaired) electrons. The highest BCUT2D eigenvalue weighted by atomic mass is 16.2. The van der Waals surface area contributed by atoms with Gasteiger partial charge in [-0.15, -0.1) is 0 Å². The van der Waals surface area contributed by atoms with Crippen molar-refractivity contribution < 1.29 is 4.79 Å². The zero-order chi connectivity index (χ0) is 15.4. The van der Waals surface area contributed by atoms with E-state index in [2.05, 4.69) is 47.5 Å². The fourth-order valence-corrected chi connectivity index (χ4v) is 3.45. The molecule has 22 heavy (non-hydrogen) atoms. The van der Waals surface area contributed by atoms with Gasteiger partial charge in [-0.2, -0.15) is 0 Å². The van der Waals surface area contributed by atoms with Crippen molar-refractivity contribution >= 4 is 5.91 Å². The Morgan fingerprint density at radius 2 is 1.91 bits per heavy atom. The van der Waals surface area contributed by atoms with E-state index in [4.69, 9.17) is 0 Å². The van der Waals surface area contributed by atoms with Crippen molar-refractivity contribution in [1.82, 2.24) is 10.2 Å². The minimum Gasteiger partial charge on any atom is -0.355 e. The Labute approximate surface area is 134 Å². The number of benzene rings is 1. The topological polar surface area (TPSA) is 32.3 Å². The first-order valence-corrected chi connectivity index (χ1v) is 8.75. The second-order valence-corrected chi connectivity index (χ2v) is 7.11. The standard InChI is InChI=1S/C19H28N2O/c1-2-19(15-20-18(22)17-8-9-17)10-12-21(13-11-19)14-16-6-4-3-5-7-16/h3-7,17H,2,8-15H2,1H3,(H,20,22). The summed E-state index contributed by atoms with van der Waals surface area (Å²) in [6.45, 7) is 6.48. The van der Waals surface area contributed by atoms with Crippen molar-refractivity contribution in [3.63, 3.8) is 0 Å². The van der Waals surface area contributed by atoms with Crippen molar-refractivity contribution in [2.75, 3.05) is 19.6 Å². The SMILES string of the molecule is CCC1(CNC(=O)C2CC2)CCN(Cc2ccccc2)CC1. The first-order valence-electron chi connectivity index (χ1n) is 8.75. The number of carbonyl (C=O) groups excluding carboxylic acids is 1. The second-order valence-electron chi connectivity index (χ2n) is 7.11. The van der Waals surface area contributed by atoms with E-state index in [0.717, 1.165) is 45.4 Å². The van der Waals surface area contributed by atoms with Gasteiger partial charge in [-0.3, -0.25) is 9.69 Å². The van der Waals surface area contributed by atoms with E-state index in [0.29, 0.717) is 17.2 Å². The Morgan fingerprint density at radius 1 is 1.23 bits per heavy atom. The van der Waals surface area contributed by atoms with Crippen molar-refractivity contribution in [1.29, 1.82) is 0 Å². The Bertz CT molecular complexity index is 487. The lowest BCUT2D eigenvalue weighted by Crippen LogP contribution is -2.46. The molecule has 1 N–H and O–H groups in total. The molecule has 3 nitrogen and oxygen atoms in total. The molecule has 0 aromatic heterocycles. The monoisotopic (exact) mass is 300 g/mol. The van der Waals surface area contributed by atoms with Gasteiger partial charge < -0.3 is 5.32 Å². The Morgan fingerprint density at radius 3 is 2.50 bits per heavy atom. The lowest BCUT2D eigenvalue weighted by molar-refractivity contribution is -0.123. The highest BCUT2D eigenvalue weighted by molar-refractivity contribution is 5.80. The first-order chi connectivity index (χ1) is 10.7. The fraction of sp³-hybridized carbons (Fsp3) is 0.632. The van der Waals surface area contributed by atoms with Crippen LogP contribution in [0.5, 0.6) is 0 Å². The molecule has 1 saturated carbocycles. The molecule has 1 aliphatic heterocycles. The third-order valence-electron chi connectivity index (χ3n) is 5.50. The van der Waals surface area contributed by atoms with Crippen LogP contribution in [0.1, 0.15) is 44.6 Å². The van der Waals surface area contributed by atoms with Crippen molar-refractivity contribution in [3.8, 4) is 0 Å². The predicted molar refractivity (Wildman–Crippen MR) is 89.4 cm³/mol. The van der Waals surface area contributed by atoms with E-state index in [1.165, 1.54) is 18.4 Å². The summed E-state index contributed by atoms with van der Waals surface area (Å²) >= 11 is 0. The molecule has 0 bridgehead atoms. The summed E-state index contributed by atoms with van der Waals surface area (Å²) < 4.78 is 0. The van der Waals surface area contributed by atoms with Crippen LogP contribution < -0.4 is 5.32 Å². The zero-order valence-electron chi connectivity index (χ0n) is 13.7. The van der Waals surface area contributed by atoms with Crippen LogP contribution in [-0.2, 0) is 11.3 Å². The molecular weight excluding hydrogens is 272 g/mol. The molecule has 0 unspecified atom stereocenters. The van der Waals surface area contributed by atoms with Crippen molar-refractivity contribution in [3.05, 3.63) is 35.9 Å². The predicted octanol–water partition coefficient (Wildman–Crippen LogP) is 3.21. The van der Waals surface area contributed by atoms with E-state index < -0.39 is 0 Å². The average molecular weight is 300 g/mol. The van der Waals surface area contributed by atoms with Gasteiger partial charge in [0.1, 0.15) is 0 Å². The highest BCUT2D eigenvalue weighted by Gasteiger charge is 2.35. The van der Waals surface area contributed by atoms with Gasteiger partial charge >= 0.3 is 0 Å². The maximum Gasteiger partial charge on any atom is 0.223 e. The number of hydrogen-bond acceptors (Lipinski definition) is 2. The Balaban J connectivity index is 1.48. The minimum absolute atomic E-state index is 0.291. The van der Waals surface area contributed by atoms with Crippen LogP contribution in [0.3, 0.4) is 0 Å². The number of piperidine rings is 1. The van der Waals surface area contributed by atoms with Gasteiger partial charge in [0.25, 0.3) is 0 Å². The number of rotatable bonds is 6. The van der Waals surface area contributed by atoms with Gasteiger partial charge in [-0.05, 0) is 56.2 Å². The van der Waals surface area contributed by atoms with E-state index in [1.54, 1.807) is 0 Å². The van der Waals surface area contributed by atoms with E-state index in [-0.39, 0.29) is 0 Å². The fourth-order valence-electron chi connectivity index (χ4n) is 3.45. The molecule has 2 aliphatic rings. The number of nitrogens with one attached hydrogen (secondary N) is 1. The molecular formula is C19H28N2O. The summed E-state index contributed by atoms with van der Waals surface area (Å²) in [7, 11) is 0. The van der Waals surface area contributed by atoms with Crippen LogP contribution in [-0.4, -0.2) is 30.4 Å². The lowest BCUT2D eigenvalue weighted by atomic mass is 9.76. The van der Waals surface area contributed by atoms with E-state index >= 15 is 0 Å². The molecule has 3 rings (SSSR count). The Kier molecular flexibility index (Phi) is 4.82. The van der Waals surface area contributed by atoms with Crippen LogP contribution in [0.4, 0.5) is 0 Å². The van der Waals surface area contributed by atoms with Gasteiger partial charge in [-0.25, -0.2) is 0 Å². The number of nitrogens with zero attached hydrogens (tertiary/aromatic N) is 1. The summed E-state index contributed by atoms with van der Waals surface area (Å²) in [4.78, 5) is 14.4. The van der Waals surface area contributed by atoms with Gasteiger partial charge in [-0.1, -0.05) is 37.3 Å². The van der Waals surface area contributed by atoms with Gasteiger partial charge in [0, 0.05) is 19.0 Å². The Hall–Kier alpha value is -1.35. The van der Waals surface area contributed by atoms with Gasteiger partial charge in [0.2, 0.25) is 5.91 Å². The zero-order valence-corrected chi connectivity index (χ0v) is 13.7. The third-order valence-corrected chi connectivity index (χ3v) is 5.50. The smallest absolute Gasteiger partial charge is 0.223 e. The number of amides is 1.